The van der Waals surface area contributed by atoms with Crippen molar-refractivity contribution in [1.82, 2.24) is 0 Å². The van der Waals surface area contributed by atoms with E-state index in [0.29, 0.717) is 24.1 Å². The van der Waals surface area contributed by atoms with Gasteiger partial charge < -0.3 is 15.3 Å². The first-order valence-corrected chi connectivity index (χ1v) is 8.12. The van der Waals surface area contributed by atoms with Crippen molar-refractivity contribution >= 4 is 23.0 Å². The van der Waals surface area contributed by atoms with Gasteiger partial charge in [0.25, 0.3) is 11.6 Å². The van der Waals surface area contributed by atoms with Crippen molar-refractivity contribution in [2.75, 3.05) is 23.3 Å². The van der Waals surface area contributed by atoms with E-state index in [1.54, 1.807) is 0 Å². The van der Waals surface area contributed by atoms with Gasteiger partial charge in [-0.1, -0.05) is 12.1 Å². The SMILES string of the molecule is O=C(Nc1ccccc1N1CCC(O)CC1)c1ccc([N+](=O)[O-])cc1. The summed E-state index contributed by atoms with van der Waals surface area (Å²) in [6.07, 6.45) is 1.13. The molecule has 2 N–H and O–H groups in total. The van der Waals surface area contributed by atoms with Gasteiger partial charge in [0.05, 0.1) is 22.4 Å². The molecule has 130 valence electrons. The van der Waals surface area contributed by atoms with E-state index in [-0.39, 0.29) is 17.7 Å². The third kappa shape index (κ3) is 3.95. The maximum Gasteiger partial charge on any atom is 0.269 e. The minimum Gasteiger partial charge on any atom is -0.393 e. The van der Waals surface area contributed by atoms with Gasteiger partial charge in [-0.05, 0) is 37.1 Å². The van der Waals surface area contributed by atoms with Crippen LogP contribution in [0.2, 0.25) is 0 Å². The zero-order valence-corrected chi connectivity index (χ0v) is 13.6. The number of rotatable bonds is 4. The van der Waals surface area contributed by atoms with Crippen molar-refractivity contribution < 1.29 is 14.8 Å². The highest BCUT2D eigenvalue weighted by atomic mass is 16.6. The number of aliphatic hydroxyl groups is 1. The van der Waals surface area contributed by atoms with Gasteiger partial charge in [-0.25, -0.2) is 0 Å². The third-order valence-electron chi connectivity index (χ3n) is 4.30. The number of benzene rings is 2. The molecule has 1 aliphatic rings. The Balaban J connectivity index is 1.76. The number of hydrogen-bond donors (Lipinski definition) is 2. The monoisotopic (exact) mass is 341 g/mol. The number of carbonyl (C=O) groups is 1. The summed E-state index contributed by atoms with van der Waals surface area (Å²) in [6.45, 7) is 1.46. The van der Waals surface area contributed by atoms with Crippen molar-refractivity contribution in [3.63, 3.8) is 0 Å². The van der Waals surface area contributed by atoms with Gasteiger partial charge in [-0.15, -0.1) is 0 Å². The molecule has 1 saturated heterocycles. The minimum absolute atomic E-state index is 0.0520. The summed E-state index contributed by atoms with van der Waals surface area (Å²) in [6, 6.07) is 13.0. The number of piperidine rings is 1. The second kappa shape index (κ2) is 7.31. The summed E-state index contributed by atoms with van der Waals surface area (Å²) >= 11 is 0. The van der Waals surface area contributed by atoms with Crippen LogP contribution in [0.5, 0.6) is 0 Å². The van der Waals surface area contributed by atoms with Crippen LogP contribution >= 0.6 is 0 Å². The number of nitro groups is 1. The zero-order chi connectivity index (χ0) is 17.8. The molecule has 3 rings (SSSR count). The van der Waals surface area contributed by atoms with Crippen LogP contribution in [0.1, 0.15) is 23.2 Å². The average Bonchev–Trinajstić information content (AvgIpc) is 2.63. The molecular formula is C18H19N3O4. The lowest BCUT2D eigenvalue weighted by atomic mass is 10.1. The van der Waals surface area contributed by atoms with Gasteiger partial charge in [-0.2, -0.15) is 0 Å². The topological polar surface area (TPSA) is 95.7 Å². The number of anilines is 2. The summed E-state index contributed by atoms with van der Waals surface area (Å²) in [5.41, 5.74) is 1.89. The van der Waals surface area contributed by atoms with Gasteiger partial charge in [-0.3, -0.25) is 14.9 Å². The Labute approximate surface area is 145 Å². The van der Waals surface area contributed by atoms with Crippen molar-refractivity contribution in [1.29, 1.82) is 0 Å². The molecule has 2 aromatic carbocycles. The standard InChI is InChI=1S/C18H19N3O4/c22-15-9-11-20(12-10-15)17-4-2-1-3-16(17)19-18(23)13-5-7-14(8-6-13)21(24)25/h1-8,15,22H,9-12H2,(H,19,23). The van der Waals surface area contributed by atoms with Gasteiger partial charge in [0.15, 0.2) is 0 Å². The van der Waals surface area contributed by atoms with Gasteiger partial charge >= 0.3 is 0 Å². The number of carbonyl (C=O) groups excluding carboxylic acids is 1. The fourth-order valence-electron chi connectivity index (χ4n) is 2.89. The van der Waals surface area contributed by atoms with Crippen molar-refractivity contribution in [3.8, 4) is 0 Å². The number of hydrogen-bond acceptors (Lipinski definition) is 5. The van der Waals surface area contributed by atoms with Gasteiger partial charge in [0.2, 0.25) is 0 Å². The van der Waals surface area contributed by atoms with E-state index in [1.165, 1.54) is 24.3 Å². The smallest absolute Gasteiger partial charge is 0.269 e. The molecule has 7 heteroatoms. The van der Waals surface area contributed by atoms with Crippen LogP contribution in [0, 0.1) is 10.1 Å². The van der Waals surface area contributed by atoms with E-state index in [1.807, 2.05) is 24.3 Å². The molecular weight excluding hydrogens is 322 g/mol. The Hall–Kier alpha value is -2.93. The van der Waals surface area contributed by atoms with Crippen molar-refractivity contribution in [3.05, 3.63) is 64.2 Å². The van der Waals surface area contributed by atoms with Crippen LogP contribution in [0.25, 0.3) is 0 Å². The molecule has 0 saturated carbocycles. The quantitative estimate of drug-likeness (QED) is 0.658. The highest BCUT2D eigenvalue weighted by molar-refractivity contribution is 6.06. The summed E-state index contributed by atoms with van der Waals surface area (Å²) in [5.74, 6) is -0.320. The zero-order valence-electron chi connectivity index (χ0n) is 13.6. The number of nitro benzene ring substituents is 1. The maximum absolute atomic E-state index is 12.4. The maximum atomic E-state index is 12.4. The van der Waals surface area contributed by atoms with Crippen LogP contribution in [-0.4, -0.2) is 35.1 Å². The Morgan fingerprint density at radius 1 is 1.12 bits per heavy atom. The lowest BCUT2D eigenvalue weighted by Gasteiger charge is -2.32. The first kappa shape index (κ1) is 16.9. The average molecular weight is 341 g/mol. The highest BCUT2D eigenvalue weighted by Crippen LogP contribution is 2.28. The van der Waals surface area contributed by atoms with E-state index < -0.39 is 4.92 Å². The molecule has 0 unspecified atom stereocenters. The number of nitrogens with one attached hydrogen (secondary N) is 1. The molecule has 1 fully saturated rings. The summed E-state index contributed by atoms with van der Waals surface area (Å²) in [7, 11) is 0. The Morgan fingerprint density at radius 2 is 1.76 bits per heavy atom. The largest absolute Gasteiger partial charge is 0.393 e. The molecule has 7 nitrogen and oxygen atoms in total. The van der Waals surface area contributed by atoms with Crippen LogP contribution in [0.15, 0.2) is 48.5 Å². The van der Waals surface area contributed by atoms with E-state index in [9.17, 15) is 20.0 Å². The first-order valence-electron chi connectivity index (χ1n) is 8.12. The molecule has 2 aromatic rings. The fraction of sp³-hybridized carbons (Fsp3) is 0.278. The lowest BCUT2D eigenvalue weighted by molar-refractivity contribution is -0.384. The first-order chi connectivity index (χ1) is 12.0. The summed E-state index contributed by atoms with van der Waals surface area (Å²) in [4.78, 5) is 24.8. The summed E-state index contributed by atoms with van der Waals surface area (Å²) < 4.78 is 0. The highest BCUT2D eigenvalue weighted by Gasteiger charge is 2.20. The van der Waals surface area contributed by atoms with Crippen LogP contribution in [0.3, 0.4) is 0 Å². The molecule has 1 aliphatic heterocycles. The fourth-order valence-corrected chi connectivity index (χ4v) is 2.89. The van der Waals surface area contributed by atoms with E-state index in [2.05, 4.69) is 10.2 Å². The molecule has 0 atom stereocenters. The molecule has 0 bridgehead atoms. The molecule has 1 amide bonds. The Kier molecular flexibility index (Phi) is 4.95. The number of non-ortho nitro benzene ring substituents is 1. The molecule has 0 aliphatic carbocycles. The molecule has 0 radical (unpaired) electrons. The molecule has 0 spiro atoms. The van der Waals surface area contributed by atoms with E-state index >= 15 is 0 Å². The number of aliphatic hydroxyl groups excluding tert-OH is 1. The number of para-hydroxylation sites is 2. The van der Waals surface area contributed by atoms with Gasteiger partial charge in [0.1, 0.15) is 0 Å². The normalized spacial score (nSPS) is 15.0. The van der Waals surface area contributed by atoms with Crippen molar-refractivity contribution in [2.45, 2.75) is 18.9 Å². The minimum atomic E-state index is -0.498. The Morgan fingerprint density at radius 3 is 2.40 bits per heavy atom. The van der Waals surface area contributed by atoms with Crippen LogP contribution in [-0.2, 0) is 0 Å². The van der Waals surface area contributed by atoms with E-state index in [4.69, 9.17) is 0 Å². The number of nitrogens with zero attached hydrogens (tertiary/aromatic N) is 2. The van der Waals surface area contributed by atoms with Crippen LogP contribution in [0.4, 0.5) is 17.1 Å². The van der Waals surface area contributed by atoms with Gasteiger partial charge in [0, 0.05) is 30.8 Å². The predicted octanol–water partition coefficient (Wildman–Crippen LogP) is 2.81. The second-order valence-electron chi connectivity index (χ2n) is 5.99. The Bertz CT molecular complexity index is 768. The third-order valence-corrected chi connectivity index (χ3v) is 4.30. The molecule has 1 heterocycles. The summed E-state index contributed by atoms with van der Waals surface area (Å²) in [5, 5.41) is 23.2. The lowest BCUT2D eigenvalue weighted by Crippen LogP contribution is -2.36. The van der Waals surface area contributed by atoms with E-state index in [0.717, 1.165) is 18.8 Å². The molecule has 25 heavy (non-hydrogen) atoms. The second-order valence-corrected chi connectivity index (χ2v) is 5.99. The van der Waals surface area contributed by atoms with Crippen molar-refractivity contribution in [2.24, 2.45) is 0 Å². The predicted molar refractivity (Wildman–Crippen MR) is 94.9 cm³/mol. The number of amides is 1. The van der Waals surface area contributed by atoms with Crippen LogP contribution < -0.4 is 10.2 Å². The molecule has 0 aromatic heterocycles.